The predicted molar refractivity (Wildman–Crippen MR) is 94.5 cm³/mol. The van der Waals surface area contributed by atoms with Crippen LogP contribution in [0.3, 0.4) is 0 Å². The van der Waals surface area contributed by atoms with E-state index in [1.165, 1.54) is 0 Å². The van der Waals surface area contributed by atoms with Gasteiger partial charge in [0.15, 0.2) is 0 Å². The fourth-order valence-electron chi connectivity index (χ4n) is 3.51. The maximum Gasteiger partial charge on any atom is 0.230 e. The van der Waals surface area contributed by atoms with Crippen molar-refractivity contribution in [2.45, 2.75) is 32.2 Å². The molecule has 0 aliphatic carbocycles. The van der Waals surface area contributed by atoms with Crippen LogP contribution < -0.4 is 11.1 Å². The third-order valence-corrected chi connectivity index (χ3v) is 4.65. The molecule has 1 atom stereocenters. The van der Waals surface area contributed by atoms with E-state index in [4.69, 9.17) is 5.73 Å². The van der Waals surface area contributed by atoms with Gasteiger partial charge in [-0.05, 0) is 49.9 Å². The minimum Gasteiger partial charge on any atom is -0.399 e. The molecule has 1 amide bonds. The molecule has 0 radical (unpaired) electrons. The van der Waals surface area contributed by atoms with Crippen molar-refractivity contribution in [1.82, 2.24) is 10.2 Å². The first-order valence-electron chi connectivity index (χ1n) is 7.54. The molecule has 2 aliphatic rings. The van der Waals surface area contributed by atoms with Crippen LogP contribution in [0.4, 0.5) is 5.69 Å². The van der Waals surface area contributed by atoms with Crippen molar-refractivity contribution in [3.05, 3.63) is 29.8 Å². The van der Waals surface area contributed by atoms with E-state index in [0.29, 0.717) is 12.5 Å². The van der Waals surface area contributed by atoms with Crippen molar-refractivity contribution in [3.8, 4) is 0 Å². The Morgan fingerprint density at radius 1 is 1.14 bits per heavy atom. The number of hydrogen-bond acceptors (Lipinski definition) is 3. The van der Waals surface area contributed by atoms with Crippen LogP contribution in [0.15, 0.2) is 24.3 Å². The first kappa shape index (κ1) is 19.1. The van der Waals surface area contributed by atoms with E-state index in [2.05, 4.69) is 5.32 Å². The van der Waals surface area contributed by atoms with Gasteiger partial charge in [0.05, 0.1) is 5.41 Å². The molecule has 1 unspecified atom stereocenters. The van der Waals surface area contributed by atoms with Crippen LogP contribution in [0.25, 0.3) is 0 Å². The van der Waals surface area contributed by atoms with Gasteiger partial charge in [0.1, 0.15) is 0 Å². The van der Waals surface area contributed by atoms with Gasteiger partial charge in [-0.1, -0.05) is 12.1 Å². The molecule has 2 saturated heterocycles. The molecule has 0 saturated carbocycles. The number of halogens is 2. The predicted octanol–water partition coefficient (Wildman–Crippen LogP) is 2.60. The fourth-order valence-corrected chi connectivity index (χ4v) is 3.51. The van der Waals surface area contributed by atoms with E-state index in [-0.39, 0.29) is 30.2 Å². The van der Waals surface area contributed by atoms with Crippen LogP contribution in [0.5, 0.6) is 0 Å². The van der Waals surface area contributed by atoms with E-state index in [1.807, 2.05) is 29.2 Å². The Morgan fingerprint density at radius 3 is 2.45 bits per heavy atom. The molecule has 124 valence electrons. The van der Waals surface area contributed by atoms with E-state index in [0.717, 1.165) is 56.6 Å². The number of carbonyl (C=O) groups is 1. The van der Waals surface area contributed by atoms with Gasteiger partial charge in [-0.3, -0.25) is 4.79 Å². The lowest BCUT2D eigenvalue weighted by Crippen LogP contribution is -2.54. The molecular weight excluding hydrogens is 321 g/mol. The van der Waals surface area contributed by atoms with E-state index >= 15 is 0 Å². The minimum absolute atomic E-state index is 0. The minimum atomic E-state index is -0.135. The average Bonchev–Trinajstić information content (AvgIpc) is 2.47. The van der Waals surface area contributed by atoms with Gasteiger partial charge in [0.25, 0.3) is 0 Å². The summed E-state index contributed by atoms with van der Waals surface area (Å²) >= 11 is 0. The third-order valence-electron chi connectivity index (χ3n) is 4.65. The molecule has 3 rings (SSSR count). The van der Waals surface area contributed by atoms with Gasteiger partial charge in [0.2, 0.25) is 5.91 Å². The first-order chi connectivity index (χ1) is 9.70. The number of nitrogen functional groups attached to an aromatic ring is 1. The second-order valence-corrected chi connectivity index (χ2v) is 6.13. The zero-order valence-corrected chi connectivity index (χ0v) is 14.3. The molecule has 4 nitrogen and oxygen atoms in total. The Kier molecular flexibility index (Phi) is 6.98. The molecule has 6 heteroatoms. The number of nitrogens with two attached hydrogens (primary N) is 1. The number of hydrogen-bond donors (Lipinski definition) is 2. The molecule has 2 aliphatic heterocycles. The number of nitrogens with one attached hydrogen (secondary N) is 1. The van der Waals surface area contributed by atoms with Crippen molar-refractivity contribution in [2.24, 2.45) is 5.41 Å². The molecule has 2 heterocycles. The number of likely N-dealkylation sites (tertiary alicyclic amines) is 1. The normalized spacial score (nSPS) is 24.5. The first-order valence-corrected chi connectivity index (χ1v) is 7.54. The summed E-state index contributed by atoms with van der Waals surface area (Å²) in [5.41, 5.74) is 7.51. The quantitative estimate of drug-likeness (QED) is 0.810. The van der Waals surface area contributed by atoms with E-state index in [9.17, 15) is 4.79 Å². The van der Waals surface area contributed by atoms with Crippen LogP contribution in [0.1, 0.15) is 31.2 Å². The number of piperidine rings is 2. The molecule has 2 fully saturated rings. The fraction of sp³-hybridized carbons (Fsp3) is 0.562. The SMILES string of the molecule is Cl.Cl.Nc1ccc(CN2CCCC3(CCCNC3)C2=O)cc1. The lowest BCUT2D eigenvalue weighted by Gasteiger charge is -2.44. The molecule has 22 heavy (non-hydrogen) atoms. The number of anilines is 1. The van der Waals surface area contributed by atoms with Gasteiger partial charge in [0, 0.05) is 25.3 Å². The Morgan fingerprint density at radius 2 is 1.82 bits per heavy atom. The largest absolute Gasteiger partial charge is 0.399 e. The van der Waals surface area contributed by atoms with Crippen LogP contribution in [-0.2, 0) is 11.3 Å². The lowest BCUT2D eigenvalue weighted by atomic mass is 9.73. The average molecular weight is 346 g/mol. The molecule has 1 aromatic carbocycles. The highest BCUT2D eigenvalue weighted by atomic mass is 35.5. The van der Waals surface area contributed by atoms with Crippen molar-refractivity contribution in [1.29, 1.82) is 0 Å². The highest BCUT2D eigenvalue weighted by molar-refractivity contribution is 5.85. The van der Waals surface area contributed by atoms with Crippen molar-refractivity contribution in [2.75, 3.05) is 25.4 Å². The molecule has 1 aromatic rings. The zero-order chi connectivity index (χ0) is 14.0. The summed E-state index contributed by atoms with van der Waals surface area (Å²) in [4.78, 5) is 14.9. The molecule has 0 bridgehead atoms. The maximum atomic E-state index is 12.8. The highest BCUT2D eigenvalue weighted by Gasteiger charge is 2.44. The zero-order valence-electron chi connectivity index (χ0n) is 12.7. The molecule has 1 spiro atoms. The summed E-state index contributed by atoms with van der Waals surface area (Å²) in [6.07, 6.45) is 4.30. The number of benzene rings is 1. The smallest absolute Gasteiger partial charge is 0.230 e. The Hall–Kier alpha value is -0.970. The maximum absolute atomic E-state index is 12.8. The molecule has 3 N–H and O–H groups in total. The number of amides is 1. The monoisotopic (exact) mass is 345 g/mol. The van der Waals surface area contributed by atoms with Crippen LogP contribution in [0, 0.1) is 5.41 Å². The summed E-state index contributed by atoms with van der Waals surface area (Å²) in [5.74, 6) is 0.341. The van der Waals surface area contributed by atoms with Gasteiger partial charge in [-0.15, -0.1) is 24.8 Å². The number of rotatable bonds is 2. The topological polar surface area (TPSA) is 58.4 Å². The van der Waals surface area contributed by atoms with Crippen LogP contribution >= 0.6 is 24.8 Å². The summed E-state index contributed by atoms with van der Waals surface area (Å²) in [6, 6.07) is 7.84. The van der Waals surface area contributed by atoms with Gasteiger partial charge < -0.3 is 16.0 Å². The Labute approximate surface area is 144 Å². The van der Waals surface area contributed by atoms with Crippen LogP contribution in [-0.4, -0.2) is 30.4 Å². The number of carbonyl (C=O) groups excluding carboxylic acids is 1. The second-order valence-electron chi connectivity index (χ2n) is 6.13. The van der Waals surface area contributed by atoms with Crippen molar-refractivity contribution >= 4 is 36.4 Å². The third kappa shape index (κ3) is 3.86. The van der Waals surface area contributed by atoms with E-state index < -0.39 is 0 Å². The van der Waals surface area contributed by atoms with Gasteiger partial charge in [-0.2, -0.15) is 0 Å². The lowest BCUT2D eigenvalue weighted by molar-refractivity contribution is -0.148. The standard InChI is InChI=1S/C16H23N3O.2ClH/c17-14-5-3-13(4-6-14)11-19-10-2-8-16(15(19)20)7-1-9-18-12-16;;/h3-6,18H,1-2,7-12,17H2;2*1H. The summed E-state index contributed by atoms with van der Waals surface area (Å²) in [7, 11) is 0. The molecular formula is C16H25Cl2N3O. The Balaban J connectivity index is 0.00000121. The summed E-state index contributed by atoms with van der Waals surface area (Å²) in [6.45, 7) is 3.49. The van der Waals surface area contributed by atoms with E-state index in [1.54, 1.807) is 0 Å². The van der Waals surface area contributed by atoms with Crippen LogP contribution in [0.2, 0.25) is 0 Å². The summed E-state index contributed by atoms with van der Waals surface area (Å²) in [5, 5.41) is 3.40. The molecule has 0 aromatic heterocycles. The summed E-state index contributed by atoms with van der Waals surface area (Å²) < 4.78 is 0. The highest BCUT2D eigenvalue weighted by Crippen LogP contribution is 2.37. The van der Waals surface area contributed by atoms with Crippen molar-refractivity contribution < 1.29 is 4.79 Å². The van der Waals surface area contributed by atoms with Gasteiger partial charge >= 0.3 is 0 Å². The van der Waals surface area contributed by atoms with Gasteiger partial charge in [-0.25, -0.2) is 0 Å². The second kappa shape index (κ2) is 8.04. The van der Waals surface area contributed by atoms with Crippen molar-refractivity contribution in [3.63, 3.8) is 0 Å². The number of nitrogens with zero attached hydrogens (tertiary/aromatic N) is 1. The Bertz CT molecular complexity index is 481.